The van der Waals surface area contributed by atoms with E-state index in [1.165, 1.54) is 17.0 Å². The van der Waals surface area contributed by atoms with Crippen LogP contribution in [-0.4, -0.2) is 66.6 Å². The summed E-state index contributed by atoms with van der Waals surface area (Å²) in [5.41, 5.74) is -0.852. The molecular formula is C16H15F3N2O6S2. The third-order valence-corrected chi connectivity index (χ3v) is 7.40. The van der Waals surface area contributed by atoms with Crippen LogP contribution in [0.25, 0.3) is 0 Å². The SMILES string of the molecule is O=C(O)COCC(=O)N=C1S[C@H]2CS(=O)(=O)C[C@@H]2N1c1cccc(C(F)(F)F)c1. The first-order chi connectivity index (χ1) is 13.5. The highest BCUT2D eigenvalue weighted by Crippen LogP contribution is 2.42. The van der Waals surface area contributed by atoms with E-state index in [1.807, 2.05) is 0 Å². The van der Waals surface area contributed by atoms with Gasteiger partial charge in [-0.1, -0.05) is 17.8 Å². The number of nitrogens with zero attached hydrogens (tertiary/aromatic N) is 2. The number of alkyl halides is 3. The fourth-order valence-electron chi connectivity index (χ4n) is 3.06. The maximum absolute atomic E-state index is 13.1. The number of aliphatic carboxylic acids is 1. The van der Waals surface area contributed by atoms with Crippen LogP contribution in [0.5, 0.6) is 0 Å². The second-order valence-electron chi connectivity index (χ2n) is 6.39. The molecule has 2 atom stereocenters. The Morgan fingerprint density at radius 3 is 2.66 bits per heavy atom. The number of rotatable bonds is 5. The molecule has 0 radical (unpaired) electrons. The molecule has 2 aliphatic heterocycles. The lowest BCUT2D eigenvalue weighted by atomic mass is 10.1. The third kappa shape index (κ3) is 5.08. The highest BCUT2D eigenvalue weighted by atomic mass is 32.2. The number of carbonyl (C=O) groups excluding carboxylic acids is 1. The van der Waals surface area contributed by atoms with E-state index >= 15 is 0 Å². The summed E-state index contributed by atoms with van der Waals surface area (Å²) in [6, 6.07) is 3.66. The molecule has 13 heteroatoms. The molecule has 2 saturated heterocycles. The van der Waals surface area contributed by atoms with Crippen molar-refractivity contribution >= 4 is 44.3 Å². The lowest BCUT2D eigenvalue weighted by Gasteiger charge is -2.25. The Hall–Kier alpha value is -2.12. The van der Waals surface area contributed by atoms with E-state index in [-0.39, 0.29) is 22.4 Å². The second kappa shape index (κ2) is 7.95. The Kier molecular flexibility index (Phi) is 5.92. The lowest BCUT2D eigenvalue weighted by molar-refractivity contribution is -0.143. The van der Waals surface area contributed by atoms with Crippen LogP contribution in [0.15, 0.2) is 29.3 Å². The summed E-state index contributed by atoms with van der Waals surface area (Å²) in [6.45, 7) is -1.33. The van der Waals surface area contributed by atoms with Gasteiger partial charge in [0.15, 0.2) is 15.0 Å². The van der Waals surface area contributed by atoms with E-state index < -0.39 is 58.0 Å². The van der Waals surface area contributed by atoms with Gasteiger partial charge in [-0.15, -0.1) is 0 Å². The maximum Gasteiger partial charge on any atom is 0.416 e. The molecule has 0 aliphatic carbocycles. The van der Waals surface area contributed by atoms with E-state index in [1.54, 1.807) is 0 Å². The minimum atomic E-state index is -4.60. The van der Waals surface area contributed by atoms with Gasteiger partial charge in [0, 0.05) is 10.9 Å². The van der Waals surface area contributed by atoms with Gasteiger partial charge in [-0.2, -0.15) is 18.2 Å². The molecule has 2 fully saturated rings. The predicted octanol–water partition coefficient (Wildman–Crippen LogP) is 1.41. The number of sulfone groups is 1. The minimum absolute atomic E-state index is 0.0538. The van der Waals surface area contributed by atoms with Crippen LogP contribution in [0.3, 0.4) is 0 Å². The summed E-state index contributed by atoms with van der Waals surface area (Å²) in [4.78, 5) is 27.6. The van der Waals surface area contributed by atoms with Gasteiger partial charge in [0.1, 0.15) is 13.2 Å². The number of halogens is 3. The lowest BCUT2D eigenvalue weighted by Crippen LogP contribution is -2.38. The van der Waals surface area contributed by atoms with Gasteiger partial charge in [-0.25, -0.2) is 13.2 Å². The van der Waals surface area contributed by atoms with E-state index in [0.29, 0.717) is 0 Å². The molecule has 0 saturated carbocycles. The van der Waals surface area contributed by atoms with Gasteiger partial charge in [-0.3, -0.25) is 4.79 Å². The zero-order chi connectivity index (χ0) is 21.4. The number of aliphatic imine (C=N–C) groups is 1. The fraction of sp³-hybridized carbons (Fsp3) is 0.438. The van der Waals surface area contributed by atoms with Crippen molar-refractivity contribution in [3.8, 4) is 0 Å². The fourth-order valence-corrected chi connectivity index (χ4v) is 6.99. The monoisotopic (exact) mass is 452 g/mol. The summed E-state index contributed by atoms with van der Waals surface area (Å²) in [7, 11) is -3.38. The number of benzene rings is 1. The molecule has 158 valence electrons. The number of amidine groups is 1. The normalized spacial score (nSPS) is 24.7. The largest absolute Gasteiger partial charge is 0.480 e. The highest BCUT2D eigenvalue weighted by Gasteiger charge is 2.49. The van der Waals surface area contributed by atoms with Gasteiger partial charge in [0.05, 0.1) is 23.1 Å². The number of ether oxygens (including phenoxy) is 1. The van der Waals surface area contributed by atoms with Crippen LogP contribution in [0.1, 0.15) is 5.56 Å². The number of hydrogen-bond donors (Lipinski definition) is 1. The van der Waals surface area contributed by atoms with E-state index in [0.717, 1.165) is 23.9 Å². The summed E-state index contributed by atoms with van der Waals surface area (Å²) < 4.78 is 67.9. The average Bonchev–Trinajstić information content (AvgIpc) is 3.04. The molecular weight excluding hydrogens is 437 g/mol. The topological polar surface area (TPSA) is 113 Å². The van der Waals surface area contributed by atoms with Crippen LogP contribution in [0.2, 0.25) is 0 Å². The van der Waals surface area contributed by atoms with Crippen molar-refractivity contribution in [3.63, 3.8) is 0 Å². The van der Waals surface area contributed by atoms with Gasteiger partial charge in [-0.05, 0) is 18.2 Å². The summed E-state index contributed by atoms with van der Waals surface area (Å²) in [5, 5.41) is 8.09. The summed E-state index contributed by atoms with van der Waals surface area (Å²) in [5.74, 6) is -2.55. The number of anilines is 1. The minimum Gasteiger partial charge on any atom is -0.480 e. The maximum atomic E-state index is 13.1. The number of carbonyl (C=O) groups is 2. The van der Waals surface area contributed by atoms with Gasteiger partial charge < -0.3 is 14.7 Å². The zero-order valence-corrected chi connectivity index (χ0v) is 16.3. The first-order valence-corrected chi connectivity index (χ1v) is 10.9. The quantitative estimate of drug-likeness (QED) is 0.714. The third-order valence-electron chi connectivity index (χ3n) is 4.19. The van der Waals surface area contributed by atoms with E-state index in [4.69, 9.17) is 5.11 Å². The van der Waals surface area contributed by atoms with Gasteiger partial charge in [0.2, 0.25) is 0 Å². The van der Waals surface area contributed by atoms with Crippen LogP contribution in [-0.2, 0) is 30.3 Å². The van der Waals surface area contributed by atoms with E-state index in [9.17, 15) is 31.2 Å². The van der Waals surface area contributed by atoms with Gasteiger partial charge in [0.25, 0.3) is 5.91 Å². The Bertz CT molecular complexity index is 964. The molecule has 1 aromatic rings. The van der Waals surface area contributed by atoms with Crippen LogP contribution < -0.4 is 4.90 Å². The standard InChI is InChI=1S/C16H15F3N2O6S2/c17-16(18,19)9-2-1-3-10(4-9)21-11-7-29(25,26)8-12(11)28-15(21)20-13(22)5-27-6-14(23)24/h1-4,11-12H,5-8H2,(H,23,24)/t11-,12-/m0/s1. The van der Waals surface area contributed by atoms with Crippen molar-refractivity contribution < 1.29 is 41.0 Å². The number of fused-ring (bicyclic) bond motifs is 1. The summed E-state index contributed by atoms with van der Waals surface area (Å²) >= 11 is 0.991. The smallest absolute Gasteiger partial charge is 0.416 e. The molecule has 0 bridgehead atoms. The molecule has 1 aromatic carbocycles. The van der Waals surface area contributed by atoms with E-state index in [2.05, 4.69) is 9.73 Å². The molecule has 1 amide bonds. The number of amides is 1. The van der Waals surface area contributed by atoms with Crippen LogP contribution in [0, 0.1) is 0 Å². The average molecular weight is 452 g/mol. The Morgan fingerprint density at radius 1 is 1.28 bits per heavy atom. The Balaban J connectivity index is 1.91. The number of hydrogen-bond acceptors (Lipinski definition) is 6. The Morgan fingerprint density at radius 2 is 2.00 bits per heavy atom. The first kappa shape index (κ1) is 21.6. The molecule has 0 spiro atoms. The molecule has 2 heterocycles. The number of thioether (sulfide) groups is 1. The van der Waals surface area contributed by atoms with Crippen molar-refractivity contribution in [1.29, 1.82) is 0 Å². The molecule has 3 rings (SSSR count). The van der Waals surface area contributed by atoms with Crippen molar-refractivity contribution in [2.24, 2.45) is 4.99 Å². The molecule has 2 aliphatic rings. The van der Waals surface area contributed by atoms with Crippen LogP contribution >= 0.6 is 11.8 Å². The van der Waals surface area contributed by atoms with Crippen molar-refractivity contribution in [2.45, 2.75) is 17.5 Å². The molecule has 0 unspecified atom stereocenters. The second-order valence-corrected chi connectivity index (χ2v) is 9.75. The van der Waals surface area contributed by atoms with Crippen LogP contribution in [0.4, 0.5) is 18.9 Å². The molecule has 29 heavy (non-hydrogen) atoms. The van der Waals surface area contributed by atoms with Gasteiger partial charge >= 0.3 is 12.1 Å². The van der Waals surface area contributed by atoms with Crippen molar-refractivity contribution in [1.82, 2.24) is 0 Å². The molecule has 8 nitrogen and oxygen atoms in total. The number of carboxylic acids is 1. The highest BCUT2D eigenvalue weighted by molar-refractivity contribution is 8.16. The molecule has 1 N–H and O–H groups in total. The zero-order valence-electron chi connectivity index (χ0n) is 14.6. The van der Waals surface area contributed by atoms with Crippen molar-refractivity contribution in [3.05, 3.63) is 29.8 Å². The summed E-state index contributed by atoms with van der Waals surface area (Å²) in [6.07, 6.45) is -4.60. The molecule has 0 aromatic heterocycles. The Labute approximate surface area is 167 Å². The van der Waals surface area contributed by atoms with Crippen molar-refractivity contribution in [2.75, 3.05) is 29.6 Å². The number of carboxylic acid groups (broad SMARTS) is 1. The predicted molar refractivity (Wildman–Crippen MR) is 98.6 cm³/mol. The first-order valence-electron chi connectivity index (χ1n) is 8.21.